The van der Waals surface area contributed by atoms with E-state index in [4.69, 9.17) is 15.3 Å². The summed E-state index contributed by atoms with van der Waals surface area (Å²) in [5, 5.41) is 26.6. The molecule has 0 amide bonds. The summed E-state index contributed by atoms with van der Waals surface area (Å²) in [5.74, 6) is -0.684. The van der Waals surface area contributed by atoms with Crippen LogP contribution in [0.3, 0.4) is 0 Å². The first-order valence-corrected chi connectivity index (χ1v) is 4.90. The Balaban J connectivity index is 4.12. The fraction of sp³-hybridized carbons (Fsp3) is 0.857. The van der Waals surface area contributed by atoms with Gasteiger partial charge in [0.1, 0.15) is 11.2 Å². The van der Waals surface area contributed by atoms with Gasteiger partial charge in [-0.15, -0.1) is 0 Å². The number of hydrogen-bond donors (Lipinski definition) is 5. The molecule has 0 aliphatic heterocycles. The topological polar surface area (TPSA) is 87.0 Å². The molecule has 0 aromatic heterocycles. The van der Waals surface area contributed by atoms with E-state index in [0.717, 1.165) is 0 Å². The molecule has 7 heteroatoms. The fourth-order valence-electron chi connectivity index (χ4n) is 0.586. The Morgan fingerprint density at radius 1 is 1.21 bits per heavy atom. The lowest BCUT2D eigenvalue weighted by atomic mass is 9.93. The predicted molar refractivity (Wildman–Crippen MR) is 56.4 cm³/mol. The van der Waals surface area contributed by atoms with Crippen molar-refractivity contribution in [3.05, 3.63) is 0 Å². The standard InChI is InChI=1S/C7H14O5S2/c8-1-7(2-9,3-10)4-12-5(11)6(13)14/h6,8-10,13-14H,1-4H2. The molecule has 0 spiro atoms. The zero-order valence-corrected chi connectivity index (χ0v) is 9.25. The Hall–Kier alpha value is 0.0500. The number of aliphatic hydroxyl groups excluding tert-OH is 3. The molecule has 0 aromatic carbocycles. The molecular weight excluding hydrogens is 228 g/mol. The van der Waals surface area contributed by atoms with Crippen LogP contribution in [0.1, 0.15) is 0 Å². The van der Waals surface area contributed by atoms with Crippen LogP contribution in [0.2, 0.25) is 0 Å². The third-order valence-electron chi connectivity index (χ3n) is 1.74. The molecule has 0 aliphatic rings. The minimum atomic E-state index is -1.20. The molecule has 84 valence electrons. The van der Waals surface area contributed by atoms with Crippen molar-refractivity contribution in [3.8, 4) is 0 Å². The molecule has 0 saturated heterocycles. The number of thiol groups is 2. The van der Waals surface area contributed by atoms with Gasteiger partial charge < -0.3 is 20.1 Å². The Bertz CT molecular complexity index is 173. The van der Waals surface area contributed by atoms with Gasteiger partial charge >= 0.3 is 5.97 Å². The fourth-order valence-corrected chi connectivity index (χ4v) is 0.735. The maximum atomic E-state index is 10.9. The minimum absolute atomic E-state index is 0.271. The van der Waals surface area contributed by atoms with Gasteiger partial charge in [0.15, 0.2) is 0 Å². The van der Waals surface area contributed by atoms with E-state index in [-0.39, 0.29) is 6.61 Å². The van der Waals surface area contributed by atoms with Crippen molar-refractivity contribution in [2.24, 2.45) is 5.41 Å². The molecule has 0 radical (unpaired) electrons. The van der Waals surface area contributed by atoms with Crippen molar-refractivity contribution < 1.29 is 24.9 Å². The van der Waals surface area contributed by atoms with E-state index in [9.17, 15) is 4.79 Å². The summed E-state index contributed by atoms with van der Waals surface area (Å²) in [6, 6.07) is 0. The van der Waals surface area contributed by atoms with Crippen LogP contribution in [0, 0.1) is 5.41 Å². The molecule has 3 N–H and O–H groups in total. The van der Waals surface area contributed by atoms with Gasteiger partial charge in [0, 0.05) is 0 Å². The first kappa shape index (κ1) is 14.1. The minimum Gasteiger partial charge on any atom is -0.463 e. The van der Waals surface area contributed by atoms with Gasteiger partial charge in [-0.05, 0) is 0 Å². The van der Waals surface area contributed by atoms with Gasteiger partial charge in [-0.2, -0.15) is 25.3 Å². The average Bonchev–Trinajstić information content (AvgIpc) is 2.20. The summed E-state index contributed by atoms with van der Waals surface area (Å²) in [6.07, 6.45) is 0. The van der Waals surface area contributed by atoms with Crippen LogP contribution in [0.5, 0.6) is 0 Å². The molecule has 0 aliphatic carbocycles. The Labute approximate surface area is 92.9 Å². The van der Waals surface area contributed by atoms with Crippen molar-refractivity contribution in [1.82, 2.24) is 0 Å². The number of carbonyl (C=O) groups excluding carboxylic acids is 1. The number of hydrogen-bond acceptors (Lipinski definition) is 7. The van der Waals surface area contributed by atoms with Gasteiger partial charge in [-0.3, -0.25) is 0 Å². The quantitative estimate of drug-likeness (QED) is 0.226. The maximum absolute atomic E-state index is 10.9. The molecule has 0 bridgehead atoms. The van der Waals surface area contributed by atoms with Crippen LogP contribution < -0.4 is 0 Å². The van der Waals surface area contributed by atoms with Crippen LogP contribution in [0.4, 0.5) is 0 Å². The summed E-state index contributed by atoms with van der Waals surface area (Å²) >= 11 is 7.43. The molecule has 0 fully saturated rings. The lowest BCUT2D eigenvalue weighted by Gasteiger charge is -2.26. The lowest BCUT2D eigenvalue weighted by Crippen LogP contribution is -2.40. The molecule has 0 atom stereocenters. The number of ether oxygens (including phenoxy) is 1. The largest absolute Gasteiger partial charge is 0.463 e. The summed E-state index contributed by atoms with van der Waals surface area (Å²) in [5.41, 5.74) is -1.20. The monoisotopic (exact) mass is 242 g/mol. The molecule has 0 unspecified atom stereocenters. The molecule has 0 aromatic rings. The lowest BCUT2D eigenvalue weighted by molar-refractivity contribution is -0.148. The van der Waals surface area contributed by atoms with Crippen LogP contribution in [-0.2, 0) is 9.53 Å². The smallest absolute Gasteiger partial charge is 0.328 e. The van der Waals surface area contributed by atoms with Crippen LogP contribution >= 0.6 is 25.3 Å². The van der Waals surface area contributed by atoms with E-state index >= 15 is 0 Å². The Morgan fingerprint density at radius 3 is 1.93 bits per heavy atom. The average molecular weight is 242 g/mol. The van der Waals surface area contributed by atoms with Crippen molar-refractivity contribution >= 4 is 31.2 Å². The second kappa shape index (κ2) is 6.52. The molecule has 0 heterocycles. The van der Waals surface area contributed by atoms with E-state index < -0.39 is 35.8 Å². The second-order valence-electron chi connectivity index (χ2n) is 2.96. The second-order valence-corrected chi connectivity index (χ2v) is 4.40. The highest BCUT2D eigenvalue weighted by Gasteiger charge is 2.30. The Kier molecular flexibility index (Phi) is 6.54. The van der Waals surface area contributed by atoms with E-state index in [1.54, 1.807) is 0 Å². The SMILES string of the molecule is O=C(OCC(CO)(CO)CO)C(S)S. The van der Waals surface area contributed by atoms with Gasteiger partial charge in [0.05, 0.1) is 25.2 Å². The number of rotatable bonds is 6. The summed E-state index contributed by atoms with van der Waals surface area (Å²) in [7, 11) is 0. The van der Waals surface area contributed by atoms with Crippen molar-refractivity contribution in [3.63, 3.8) is 0 Å². The number of aliphatic hydroxyl groups is 3. The van der Waals surface area contributed by atoms with E-state index in [1.165, 1.54) is 0 Å². The number of carbonyl (C=O) groups is 1. The van der Waals surface area contributed by atoms with Crippen molar-refractivity contribution in [1.29, 1.82) is 0 Å². The van der Waals surface area contributed by atoms with E-state index in [1.807, 2.05) is 0 Å². The highest BCUT2D eigenvalue weighted by atomic mass is 32.2. The number of esters is 1. The first-order valence-electron chi connectivity index (χ1n) is 3.86. The molecule has 0 saturated carbocycles. The highest BCUT2D eigenvalue weighted by molar-refractivity contribution is 8.00. The Morgan fingerprint density at radius 2 is 1.64 bits per heavy atom. The van der Waals surface area contributed by atoms with Crippen molar-refractivity contribution in [2.45, 2.75) is 4.58 Å². The van der Waals surface area contributed by atoms with Crippen LogP contribution in [0.15, 0.2) is 0 Å². The zero-order chi connectivity index (χ0) is 11.2. The molecule has 14 heavy (non-hydrogen) atoms. The van der Waals surface area contributed by atoms with E-state index in [0.29, 0.717) is 0 Å². The summed E-state index contributed by atoms with van der Waals surface area (Å²) in [4.78, 5) is 10.9. The van der Waals surface area contributed by atoms with Crippen molar-refractivity contribution in [2.75, 3.05) is 26.4 Å². The van der Waals surface area contributed by atoms with Gasteiger partial charge in [-0.25, -0.2) is 4.79 Å². The summed E-state index contributed by atoms with van der Waals surface area (Å²) in [6.45, 7) is -1.70. The third-order valence-corrected chi connectivity index (χ3v) is 2.16. The third kappa shape index (κ3) is 4.05. The summed E-state index contributed by atoms with van der Waals surface area (Å²) < 4.78 is 3.80. The van der Waals surface area contributed by atoms with Crippen LogP contribution in [-0.4, -0.2) is 52.3 Å². The van der Waals surface area contributed by atoms with Gasteiger partial charge in [-0.1, -0.05) is 0 Å². The van der Waals surface area contributed by atoms with Crippen LogP contribution in [0.25, 0.3) is 0 Å². The van der Waals surface area contributed by atoms with E-state index in [2.05, 4.69) is 30.0 Å². The predicted octanol–water partition coefficient (Wildman–Crippen LogP) is -1.32. The first-order chi connectivity index (χ1) is 6.51. The highest BCUT2D eigenvalue weighted by Crippen LogP contribution is 2.16. The maximum Gasteiger partial charge on any atom is 0.328 e. The normalized spacial score (nSPS) is 11.9. The van der Waals surface area contributed by atoms with Gasteiger partial charge in [0.25, 0.3) is 0 Å². The molecule has 5 nitrogen and oxygen atoms in total. The zero-order valence-electron chi connectivity index (χ0n) is 7.46. The molecular formula is C7H14O5S2. The molecule has 0 rings (SSSR count). The van der Waals surface area contributed by atoms with Gasteiger partial charge in [0.2, 0.25) is 0 Å².